The van der Waals surface area contributed by atoms with Crippen molar-refractivity contribution in [2.75, 3.05) is 19.8 Å². The third kappa shape index (κ3) is 2.21. The molecular weight excluding hydrogens is 186 g/mol. The highest BCUT2D eigenvalue weighted by molar-refractivity contribution is 5.30. The SMILES string of the molecule is Cc1ccccc1C1COCCC1CN. The van der Waals surface area contributed by atoms with Gasteiger partial charge in [-0.05, 0) is 36.9 Å². The summed E-state index contributed by atoms with van der Waals surface area (Å²) in [4.78, 5) is 0. The fourth-order valence-electron chi connectivity index (χ4n) is 2.41. The van der Waals surface area contributed by atoms with E-state index in [4.69, 9.17) is 10.5 Å². The summed E-state index contributed by atoms with van der Waals surface area (Å²) in [5.74, 6) is 1.07. The number of benzene rings is 1. The number of aryl methyl sites for hydroxylation is 1. The Kier molecular flexibility index (Phi) is 3.39. The number of rotatable bonds is 2. The fourth-order valence-corrected chi connectivity index (χ4v) is 2.41. The van der Waals surface area contributed by atoms with E-state index in [1.807, 2.05) is 0 Å². The molecule has 2 unspecified atom stereocenters. The molecule has 0 aromatic heterocycles. The molecule has 15 heavy (non-hydrogen) atoms. The van der Waals surface area contributed by atoms with Gasteiger partial charge >= 0.3 is 0 Å². The Morgan fingerprint density at radius 1 is 1.40 bits per heavy atom. The van der Waals surface area contributed by atoms with Crippen molar-refractivity contribution in [2.24, 2.45) is 11.7 Å². The third-order valence-electron chi connectivity index (χ3n) is 3.39. The molecule has 2 nitrogen and oxygen atoms in total. The van der Waals surface area contributed by atoms with Crippen LogP contribution in [0, 0.1) is 12.8 Å². The quantitative estimate of drug-likeness (QED) is 0.802. The maximum absolute atomic E-state index is 5.83. The number of nitrogens with two attached hydrogens (primary N) is 1. The predicted molar refractivity (Wildman–Crippen MR) is 61.9 cm³/mol. The van der Waals surface area contributed by atoms with Gasteiger partial charge in [-0.1, -0.05) is 24.3 Å². The van der Waals surface area contributed by atoms with Crippen molar-refractivity contribution in [1.82, 2.24) is 0 Å². The predicted octanol–water partition coefficient (Wildman–Crippen LogP) is 2.07. The van der Waals surface area contributed by atoms with Crippen molar-refractivity contribution in [3.05, 3.63) is 35.4 Å². The summed E-state index contributed by atoms with van der Waals surface area (Å²) in [6, 6.07) is 8.55. The van der Waals surface area contributed by atoms with Crippen LogP contribution in [0.1, 0.15) is 23.5 Å². The van der Waals surface area contributed by atoms with Gasteiger partial charge in [0.05, 0.1) is 6.61 Å². The molecule has 1 heterocycles. The van der Waals surface area contributed by atoms with E-state index < -0.39 is 0 Å². The minimum Gasteiger partial charge on any atom is -0.381 e. The normalized spacial score (nSPS) is 26.5. The molecular formula is C13H19NO. The van der Waals surface area contributed by atoms with Gasteiger partial charge in [0.1, 0.15) is 0 Å². The Hall–Kier alpha value is -0.860. The molecule has 0 aliphatic carbocycles. The van der Waals surface area contributed by atoms with Crippen LogP contribution in [-0.2, 0) is 4.74 Å². The molecule has 1 fully saturated rings. The second-order valence-electron chi connectivity index (χ2n) is 4.32. The Balaban J connectivity index is 2.24. The maximum atomic E-state index is 5.83. The van der Waals surface area contributed by atoms with Crippen LogP contribution in [0.15, 0.2) is 24.3 Å². The molecule has 0 spiro atoms. The van der Waals surface area contributed by atoms with Crippen molar-refractivity contribution < 1.29 is 4.74 Å². The Morgan fingerprint density at radius 3 is 2.93 bits per heavy atom. The van der Waals surface area contributed by atoms with Gasteiger partial charge in [-0.15, -0.1) is 0 Å². The van der Waals surface area contributed by atoms with Gasteiger partial charge < -0.3 is 10.5 Å². The Morgan fingerprint density at radius 2 is 2.20 bits per heavy atom. The lowest BCUT2D eigenvalue weighted by Crippen LogP contribution is -2.31. The van der Waals surface area contributed by atoms with Crippen LogP contribution in [0.25, 0.3) is 0 Å². The molecule has 1 aliphatic heterocycles. The lowest BCUT2D eigenvalue weighted by Gasteiger charge is -2.31. The van der Waals surface area contributed by atoms with E-state index in [9.17, 15) is 0 Å². The Bertz CT molecular complexity index is 324. The second kappa shape index (κ2) is 4.77. The largest absolute Gasteiger partial charge is 0.381 e. The molecule has 2 atom stereocenters. The molecule has 2 rings (SSSR count). The monoisotopic (exact) mass is 205 g/mol. The second-order valence-corrected chi connectivity index (χ2v) is 4.32. The van der Waals surface area contributed by atoms with Gasteiger partial charge in [0.2, 0.25) is 0 Å². The maximum Gasteiger partial charge on any atom is 0.0537 e. The van der Waals surface area contributed by atoms with Crippen molar-refractivity contribution >= 4 is 0 Å². The third-order valence-corrected chi connectivity index (χ3v) is 3.39. The summed E-state index contributed by atoms with van der Waals surface area (Å²) < 4.78 is 5.57. The zero-order chi connectivity index (χ0) is 10.7. The highest BCUT2D eigenvalue weighted by Crippen LogP contribution is 2.32. The molecule has 1 aliphatic rings. The minimum atomic E-state index is 0.491. The first-order valence-electron chi connectivity index (χ1n) is 5.66. The van der Waals surface area contributed by atoms with E-state index in [1.165, 1.54) is 11.1 Å². The van der Waals surface area contributed by atoms with Gasteiger partial charge in [-0.3, -0.25) is 0 Å². The van der Waals surface area contributed by atoms with Gasteiger partial charge in [0, 0.05) is 12.5 Å². The van der Waals surface area contributed by atoms with E-state index in [1.54, 1.807) is 0 Å². The van der Waals surface area contributed by atoms with Crippen LogP contribution in [0.3, 0.4) is 0 Å². The standard InChI is InChI=1S/C13H19NO/c1-10-4-2-3-5-12(10)13-9-15-7-6-11(13)8-14/h2-5,11,13H,6-9,14H2,1H3. The molecule has 2 N–H and O–H groups in total. The zero-order valence-corrected chi connectivity index (χ0v) is 9.28. The average Bonchev–Trinajstić information content (AvgIpc) is 2.30. The molecule has 0 amide bonds. The number of ether oxygens (including phenoxy) is 1. The van der Waals surface area contributed by atoms with Crippen LogP contribution in [-0.4, -0.2) is 19.8 Å². The molecule has 1 aromatic carbocycles. The summed E-state index contributed by atoms with van der Waals surface area (Å²) >= 11 is 0. The van der Waals surface area contributed by atoms with E-state index in [2.05, 4.69) is 31.2 Å². The first kappa shape index (κ1) is 10.7. The molecule has 1 saturated heterocycles. The molecule has 0 radical (unpaired) electrons. The summed E-state index contributed by atoms with van der Waals surface area (Å²) in [7, 11) is 0. The minimum absolute atomic E-state index is 0.491. The summed E-state index contributed by atoms with van der Waals surface area (Å²) in [5, 5.41) is 0. The Labute approximate surface area is 91.4 Å². The molecule has 1 aromatic rings. The molecule has 0 saturated carbocycles. The fraction of sp³-hybridized carbons (Fsp3) is 0.538. The first-order chi connectivity index (χ1) is 7.33. The average molecular weight is 205 g/mol. The van der Waals surface area contributed by atoms with E-state index >= 15 is 0 Å². The van der Waals surface area contributed by atoms with E-state index in [-0.39, 0.29) is 0 Å². The van der Waals surface area contributed by atoms with Crippen LogP contribution in [0.2, 0.25) is 0 Å². The highest BCUT2D eigenvalue weighted by atomic mass is 16.5. The van der Waals surface area contributed by atoms with Crippen molar-refractivity contribution in [3.63, 3.8) is 0 Å². The van der Waals surface area contributed by atoms with E-state index in [0.717, 1.165) is 26.2 Å². The summed E-state index contributed by atoms with van der Waals surface area (Å²) in [6.45, 7) is 4.62. The number of hydrogen-bond acceptors (Lipinski definition) is 2. The number of hydrogen-bond donors (Lipinski definition) is 1. The molecule has 82 valence electrons. The lowest BCUT2D eigenvalue weighted by atomic mass is 9.81. The van der Waals surface area contributed by atoms with Gasteiger partial charge in [0.25, 0.3) is 0 Å². The van der Waals surface area contributed by atoms with Crippen LogP contribution >= 0.6 is 0 Å². The van der Waals surface area contributed by atoms with E-state index in [0.29, 0.717) is 11.8 Å². The van der Waals surface area contributed by atoms with Crippen LogP contribution < -0.4 is 5.73 Å². The van der Waals surface area contributed by atoms with Crippen LogP contribution in [0.5, 0.6) is 0 Å². The summed E-state index contributed by atoms with van der Waals surface area (Å²) in [6.07, 6.45) is 1.09. The molecule has 2 heteroatoms. The first-order valence-corrected chi connectivity index (χ1v) is 5.66. The lowest BCUT2D eigenvalue weighted by molar-refractivity contribution is 0.0492. The van der Waals surface area contributed by atoms with Gasteiger partial charge in [-0.25, -0.2) is 0 Å². The van der Waals surface area contributed by atoms with Crippen molar-refractivity contribution in [1.29, 1.82) is 0 Å². The topological polar surface area (TPSA) is 35.2 Å². The van der Waals surface area contributed by atoms with Crippen molar-refractivity contribution in [3.8, 4) is 0 Å². The van der Waals surface area contributed by atoms with Gasteiger partial charge in [0.15, 0.2) is 0 Å². The zero-order valence-electron chi connectivity index (χ0n) is 9.28. The smallest absolute Gasteiger partial charge is 0.0537 e. The highest BCUT2D eigenvalue weighted by Gasteiger charge is 2.26. The molecule has 0 bridgehead atoms. The van der Waals surface area contributed by atoms with Crippen LogP contribution in [0.4, 0.5) is 0 Å². The van der Waals surface area contributed by atoms with Gasteiger partial charge in [-0.2, -0.15) is 0 Å². The van der Waals surface area contributed by atoms with Crippen molar-refractivity contribution in [2.45, 2.75) is 19.3 Å². The summed E-state index contributed by atoms with van der Waals surface area (Å²) in [5.41, 5.74) is 8.59.